The smallest absolute Gasteiger partial charge is 0.322 e. The summed E-state index contributed by atoms with van der Waals surface area (Å²) in [6.07, 6.45) is 1.64. The number of sulfonamides is 1. The molecule has 1 atom stereocenters. The molecule has 4 rings (SSSR count). The molecule has 2 heterocycles. The number of hydrogen-bond acceptors (Lipinski definition) is 7. The van der Waals surface area contributed by atoms with Crippen molar-refractivity contribution < 1.29 is 23.4 Å². The van der Waals surface area contributed by atoms with Crippen molar-refractivity contribution in [2.75, 3.05) is 0 Å². The number of benzene rings is 2. The number of thiophene rings is 1. The van der Waals surface area contributed by atoms with Crippen LogP contribution in [0.25, 0.3) is 25.9 Å². The highest BCUT2D eigenvalue weighted by Gasteiger charge is 2.28. The molecular weight excluding hydrogens is 440 g/mol. The van der Waals surface area contributed by atoms with Gasteiger partial charge in [-0.3, -0.25) is 4.79 Å². The second-order valence-corrected chi connectivity index (χ2v) is 10.2. The molecule has 0 amide bonds. The van der Waals surface area contributed by atoms with Gasteiger partial charge < -0.3 is 10.2 Å². The van der Waals surface area contributed by atoms with Crippen molar-refractivity contribution in [3.8, 4) is 5.69 Å². The average Bonchev–Trinajstić information content (AvgIpc) is 3.35. The molecule has 0 fully saturated rings. The molecule has 3 N–H and O–H groups in total. The number of aromatic nitrogens is 3. The fraction of sp³-hybridized carbons (Fsp3) is 0.250. The molecule has 162 valence electrons. The Bertz CT molecular complexity index is 1390. The molecule has 0 aliphatic rings. The van der Waals surface area contributed by atoms with Crippen molar-refractivity contribution in [2.24, 2.45) is 5.92 Å². The lowest BCUT2D eigenvalue weighted by Crippen LogP contribution is -2.44. The fourth-order valence-electron chi connectivity index (χ4n) is 3.26. The number of carbonyl (C=O) groups is 1. The number of hydrogen-bond donors (Lipinski definition) is 3. The molecule has 0 radical (unpaired) electrons. The van der Waals surface area contributed by atoms with Gasteiger partial charge in [-0.15, -0.1) is 16.4 Å². The zero-order chi connectivity index (χ0) is 22.3. The van der Waals surface area contributed by atoms with Gasteiger partial charge in [-0.1, -0.05) is 31.2 Å². The van der Waals surface area contributed by atoms with Crippen LogP contribution in [0.3, 0.4) is 0 Å². The number of aliphatic hydroxyl groups is 1. The van der Waals surface area contributed by atoms with E-state index in [9.17, 15) is 23.4 Å². The SMILES string of the molecule is CC(C)[C@H](NS(=O)(=O)c1ccc2c(c1)sc1cc(-n3cc(CO)nn3)ccc12)C(=O)O. The van der Waals surface area contributed by atoms with Crippen LogP contribution in [0.15, 0.2) is 47.5 Å². The Labute approximate surface area is 182 Å². The summed E-state index contributed by atoms with van der Waals surface area (Å²) in [5.74, 6) is -1.62. The topological polar surface area (TPSA) is 134 Å². The van der Waals surface area contributed by atoms with Crippen molar-refractivity contribution in [3.63, 3.8) is 0 Å². The summed E-state index contributed by atoms with van der Waals surface area (Å²) in [7, 11) is -4.00. The van der Waals surface area contributed by atoms with Gasteiger partial charge in [0.25, 0.3) is 0 Å². The first-order valence-electron chi connectivity index (χ1n) is 9.43. The fourth-order valence-corrected chi connectivity index (χ4v) is 5.88. The van der Waals surface area contributed by atoms with Crippen molar-refractivity contribution >= 4 is 47.5 Å². The van der Waals surface area contributed by atoms with E-state index >= 15 is 0 Å². The Morgan fingerprint density at radius 1 is 1.16 bits per heavy atom. The van der Waals surface area contributed by atoms with E-state index in [0.29, 0.717) is 5.69 Å². The molecule has 0 bridgehead atoms. The molecule has 0 saturated heterocycles. The minimum absolute atomic E-state index is 0.0162. The maximum absolute atomic E-state index is 12.8. The van der Waals surface area contributed by atoms with Crippen LogP contribution in [0.1, 0.15) is 19.5 Å². The van der Waals surface area contributed by atoms with Crippen molar-refractivity contribution in [1.29, 1.82) is 0 Å². The number of nitrogens with zero attached hydrogens (tertiary/aromatic N) is 3. The normalized spacial score (nSPS) is 13.3. The van der Waals surface area contributed by atoms with E-state index in [1.165, 1.54) is 17.4 Å². The van der Waals surface area contributed by atoms with Crippen molar-refractivity contribution in [1.82, 2.24) is 19.7 Å². The maximum Gasteiger partial charge on any atom is 0.322 e. The Hall–Kier alpha value is -2.86. The molecule has 0 saturated carbocycles. The minimum atomic E-state index is -4.00. The van der Waals surface area contributed by atoms with Crippen molar-refractivity contribution in [2.45, 2.75) is 31.4 Å². The molecule has 4 aromatic rings. The van der Waals surface area contributed by atoms with E-state index in [-0.39, 0.29) is 11.5 Å². The van der Waals surface area contributed by atoms with Crippen LogP contribution >= 0.6 is 11.3 Å². The van der Waals surface area contributed by atoms with Gasteiger partial charge in [0, 0.05) is 20.2 Å². The molecule has 0 aliphatic heterocycles. The molecule has 31 heavy (non-hydrogen) atoms. The van der Waals surface area contributed by atoms with Crippen LogP contribution < -0.4 is 4.72 Å². The first-order valence-corrected chi connectivity index (χ1v) is 11.7. The van der Waals surface area contributed by atoms with Gasteiger partial charge in [0.05, 0.1) is 23.4 Å². The summed E-state index contributed by atoms with van der Waals surface area (Å²) in [5, 5.41) is 28.2. The minimum Gasteiger partial charge on any atom is -0.480 e. The summed E-state index contributed by atoms with van der Waals surface area (Å²) in [4.78, 5) is 11.4. The zero-order valence-corrected chi connectivity index (χ0v) is 18.3. The highest BCUT2D eigenvalue weighted by Crippen LogP contribution is 2.36. The number of nitrogens with one attached hydrogen (secondary N) is 1. The molecule has 11 heteroatoms. The third kappa shape index (κ3) is 4.04. The third-order valence-electron chi connectivity index (χ3n) is 4.92. The quantitative estimate of drug-likeness (QED) is 0.386. The summed E-state index contributed by atoms with van der Waals surface area (Å²) < 4.78 is 31.1. The second-order valence-electron chi connectivity index (χ2n) is 7.43. The van der Waals surface area contributed by atoms with Crippen LogP contribution in [-0.2, 0) is 21.4 Å². The van der Waals surface area contributed by atoms with E-state index < -0.39 is 28.0 Å². The Balaban J connectivity index is 1.73. The van der Waals surface area contributed by atoms with Gasteiger partial charge in [0.15, 0.2) is 0 Å². The van der Waals surface area contributed by atoms with Crippen LogP contribution in [0.4, 0.5) is 0 Å². The number of carboxylic acid groups (broad SMARTS) is 1. The highest BCUT2D eigenvalue weighted by atomic mass is 32.2. The molecule has 2 aromatic carbocycles. The van der Waals surface area contributed by atoms with Gasteiger partial charge in [0.1, 0.15) is 11.7 Å². The van der Waals surface area contributed by atoms with Gasteiger partial charge in [-0.05, 0) is 30.2 Å². The van der Waals surface area contributed by atoms with Crippen molar-refractivity contribution in [3.05, 3.63) is 48.3 Å². The molecule has 9 nitrogen and oxygen atoms in total. The Kier molecular flexibility index (Phi) is 5.52. The van der Waals surface area contributed by atoms with E-state index in [1.54, 1.807) is 36.9 Å². The third-order valence-corrected chi connectivity index (χ3v) is 7.47. The predicted molar refractivity (Wildman–Crippen MR) is 117 cm³/mol. The molecule has 0 spiro atoms. The lowest BCUT2D eigenvalue weighted by molar-refractivity contribution is -0.140. The first-order chi connectivity index (χ1) is 14.7. The Morgan fingerprint density at radius 2 is 1.84 bits per heavy atom. The summed E-state index contributed by atoms with van der Waals surface area (Å²) in [6.45, 7) is 3.09. The molecule has 0 aliphatic carbocycles. The van der Waals surface area contributed by atoms with Gasteiger partial charge >= 0.3 is 5.97 Å². The lowest BCUT2D eigenvalue weighted by atomic mass is 10.1. The zero-order valence-electron chi connectivity index (χ0n) is 16.7. The van der Waals surface area contributed by atoms with Gasteiger partial charge in [0.2, 0.25) is 10.0 Å². The largest absolute Gasteiger partial charge is 0.480 e. The second kappa shape index (κ2) is 8.00. The standard InChI is InChI=1S/C20H20N4O5S2/c1-11(2)19(20(26)27)22-31(28,29)14-4-6-16-15-5-3-13(7-17(15)30-18(16)8-14)24-9-12(10-25)21-23-24/h3-9,11,19,22,25H,10H2,1-2H3,(H,26,27)/t19-/m0/s1. The monoisotopic (exact) mass is 460 g/mol. The van der Waals surface area contributed by atoms with E-state index in [1.807, 2.05) is 18.2 Å². The number of fused-ring (bicyclic) bond motifs is 3. The predicted octanol–water partition coefficient (Wildman–Crippen LogP) is 2.51. The molecule has 2 aromatic heterocycles. The average molecular weight is 461 g/mol. The lowest BCUT2D eigenvalue weighted by Gasteiger charge is -2.18. The van der Waals surface area contributed by atoms with Crippen LogP contribution in [-0.4, -0.2) is 45.6 Å². The molecule has 0 unspecified atom stereocenters. The number of carboxylic acids is 1. The van der Waals surface area contributed by atoms with E-state index in [2.05, 4.69) is 15.0 Å². The van der Waals surface area contributed by atoms with Crippen LogP contribution in [0.5, 0.6) is 0 Å². The maximum atomic E-state index is 12.8. The highest BCUT2D eigenvalue weighted by molar-refractivity contribution is 7.89. The summed E-state index contributed by atoms with van der Waals surface area (Å²) in [5.41, 5.74) is 1.22. The van der Waals surface area contributed by atoms with Gasteiger partial charge in [-0.2, -0.15) is 4.72 Å². The number of aliphatic carboxylic acids is 1. The Morgan fingerprint density at radius 3 is 2.45 bits per heavy atom. The van der Waals surface area contributed by atoms with Crippen LogP contribution in [0, 0.1) is 5.92 Å². The molecular formula is C20H20N4O5S2. The number of aliphatic hydroxyl groups excluding tert-OH is 1. The van der Waals surface area contributed by atoms with Crippen LogP contribution in [0.2, 0.25) is 0 Å². The summed E-state index contributed by atoms with van der Waals surface area (Å²) in [6, 6.07) is 9.27. The number of rotatable bonds is 7. The van der Waals surface area contributed by atoms with E-state index in [0.717, 1.165) is 25.9 Å². The summed E-state index contributed by atoms with van der Waals surface area (Å²) >= 11 is 1.43. The van der Waals surface area contributed by atoms with Gasteiger partial charge in [-0.25, -0.2) is 13.1 Å². The first kappa shape index (κ1) is 21.4. The van der Waals surface area contributed by atoms with E-state index in [4.69, 9.17) is 0 Å².